The third-order valence-electron chi connectivity index (χ3n) is 2.68. The Labute approximate surface area is 100 Å². The van der Waals surface area contributed by atoms with Gasteiger partial charge in [0.25, 0.3) is 0 Å². The Kier molecular flexibility index (Phi) is 2.98. The summed E-state index contributed by atoms with van der Waals surface area (Å²) in [4.78, 5) is 23.6. The maximum absolute atomic E-state index is 13.5. The second-order valence-electron chi connectivity index (χ2n) is 4.00. The number of anilines is 1. The summed E-state index contributed by atoms with van der Waals surface area (Å²) in [5.74, 6) is -5.48. The predicted molar refractivity (Wildman–Crippen MR) is 56.4 cm³/mol. The topological polar surface area (TPSA) is 49.4 Å². The van der Waals surface area contributed by atoms with Gasteiger partial charge in [0.1, 0.15) is 0 Å². The van der Waals surface area contributed by atoms with Crippen LogP contribution in [-0.4, -0.2) is 18.5 Å². The standard InChI is InChI=1S/C11H9F3N2O2/c1-5-4-16(11(18)15-10(5)17)7-3-2-6(12)8(13)9(7)14/h2-3,5H,4H2,1H3,(H,15,17,18). The molecule has 1 heterocycles. The molecule has 1 aliphatic heterocycles. The zero-order valence-electron chi connectivity index (χ0n) is 9.34. The monoisotopic (exact) mass is 258 g/mol. The highest BCUT2D eigenvalue weighted by atomic mass is 19.2. The van der Waals surface area contributed by atoms with E-state index in [1.807, 2.05) is 5.32 Å². The van der Waals surface area contributed by atoms with Gasteiger partial charge < -0.3 is 0 Å². The largest absolute Gasteiger partial charge is 0.328 e. The van der Waals surface area contributed by atoms with Crippen LogP contribution >= 0.6 is 0 Å². The molecule has 1 N–H and O–H groups in total. The number of imide groups is 1. The number of carbonyl (C=O) groups is 2. The van der Waals surface area contributed by atoms with E-state index in [0.29, 0.717) is 0 Å². The number of halogens is 3. The molecule has 2 rings (SSSR count). The van der Waals surface area contributed by atoms with E-state index >= 15 is 0 Å². The van der Waals surface area contributed by atoms with Crippen molar-refractivity contribution >= 4 is 17.6 Å². The van der Waals surface area contributed by atoms with Crippen LogP contribution in [0.25, 0.3) is 0 Å². The number of urea groups is 1. The average molecular weight is 258 g/mol. The van der Waals surface area contributed by atoms with Crippen molar-refractivity contribution in [3.8, 4) is 0 Å². The van der Waals surface area contributed by atoms with Crippen molar-refractivity contribution in [2.45, 2.75) is 6.92 Å². The first-order valence-electron chi connectivity index (χ1n) is 5.17. The van der Waals surface area contributed by atoms with E-state index in [0.717, 1.165) is 17.0 Å². The Bertz CT molecular complexity index is 533. The molecule has 1 unspecified atom stereocenters. The third kappa shape index (κ3) is 1.92. The average Bonchev–Trinajstić information content (AvgIpc) is 2.32. The van der Waals surface area contributed by atoms with E-state index in [1.54, 1.807) is 0 Å². The zero-order chi connectivity index (χ0) is 13.4. The minimum absolute atomic E-state index is 0.0906. The molecule has 0 spiro atoms. The fourth-order valence-electron chi connectivity index (χ4n) is 1.67. The Balaban J connectivity index is 2.40. The lowest BCUT2D eigenvalue weighted by Gasteiger charge is -2.30. The molecule has 1 saturated heterocycles. The molecule has 0 saturated carbocycles. The van der Waals surface area contributed by atoms with Crippen molar-refractivity contribution in [2.75, 3.05) is 11.4 Å². The number of hydrogen-bond acceptors (Lipinski definition) is 2. The molecular formula is C11H9F3N2O2. The van der Waals surface area contributed by atoms with Gasteiger partial charge in [0, 0.05) is 6.54 Å². The van der Waals surface area contributed by atoms with E-state index in [4.69, 9.17) is 0 Å². The molecule has 4 nitrogen and oxygen atoms in total. The summed E-state index contributed by atoms with van der Waals surface area (Å²) in [6.07, 6.45) is 0. The first kappa shape index (κ1) is 12.4. The van der Waals surface area contributed by atoms with Gasteiger partial charge in [0.15, 0.2) is 17.5 Å². The summed E-state index contributed by atoms with van der Waals surface area (Å²) in [5, 5.41) is 2.00. The molecule has 0 aromatic heterocycles. The van der Waals surface area contributed by atoms with Crippen LogP contribution in [0.4, 0.5) is 23.7 Å². The van der Waals surface area contributed by atoms with Crippen molar-refractivity contribution in [2.24, 2.45) is 5.92 Å². The molecular weight excluding hydrogens is 249 g/mol. The summed E-state index contributed by atoms with van der Waals surface area (Å²) in [7, 11) is 0. The van der Waals surface area contributed by atoms with Gasteiger partial charge in [-0.15, -0.1) is 0 Å². The van der Waals surface area contributed by atoms with Crippen LogP contribution in [0.5, 0.6) is 0 Å². The molecule has 18 heavy (non-hydrogen) atoms. The molecule has 1 aromatic rings. The maximum atomic E-state index is 13.5. The van der Waals surface area contributed by atoms with Gasteiger partial charge in [-0.3, -0.25) is 15.0 Å². The van der Waals surface area contributed by atoms with E-state index < -0.39 is 41.0 Å². The molecule has 0 bridgehead atoms. The SMILES string of the molecule is CC1CN(c2ccc(F)c(F)c2F)C(=O)NC1=O. The van der Waals surface area contributed by atoms with Gasteiger partial charge >= 0.3 is 6.03 Å². The number of nitrogens with one attached hydrogen (secondary N) is 1. The summed E-state index contributed by atoms with van der Waals surface area (Å²) >= 11 is 0. The van der Waals surface area contributed by atoms with Gasteiger partial charge in [-0.05, 0) is 12.1 Å². The molecule has 96 valence electrons. The number of hydrogen-bond donors (Lipinski definition) is 1. The number of rotatable bonds is 1. The Hall–Kier alpha value is -2.05. The molecule has 0 aliphatic carbocycles. The van der Waals surface area contributed by atoms with Crippen molar-refractivity contribution in [1.82, 2.24) is 5.32 Å². The normalized spacial score (nSPS) is 20.0. The van der Waals surface area contributed by atoms with Gasteiger partial charge in [-0.25, -0.2) is 18.0 Å². The number of benzene rings is 1. The van der Waals surface area contributed by atoms with Gasteiger partial charge in [0.2, 0.25) is 5.91 Å². The first-order chi connectivity index (χ1) is 8.41. The Morgan fingerprint density at radius 2 is 1.89 bits per heavy atom. The van der Waals surface area contributed by atoms with Crippen LogP contribution in [0, 0.1) is 23.4 Å². The lowest BCUT2D eigenvalue weighted by atomic mass is 10.1. The Morgan fingerprint density at radius 3 is 2.56 bits per heavy atom. The van der Waals surface area contributed by atoms with Crippen LogP contribution in [0.1, 0.15) is 6.92 Å². The van der Waals surface area contributed by atoms with E-state index in [-0.39, 0.29) is 6.54 Å². The van der Waals surface area contributed by atoms with Crippen molar-refractivity contribution in [1.29, 1.82) is 0 Å². The second kappa shape index (κ2) is 4.32. The predicted octanol–water partition coefficient (Wildman–Crippen LogP) is 1.80. The van der Waals surface area contributed by atoms with Crippen molar-refractivity contribution < 1.29 is 22.8 Å². The Morgan fingerprint density at radius 1 is 1.22 bits per heavy atom. The van der Waals surface area contributed by atoms with Crippen LogP contribution in [0.3, 0.4) is 0 Å². The summed E-state index contributed by atoms with van der Waals surface area (Å²) in [6.45, 7) is 1.44. The number of amides is 3. The van der Waals surface area contributed by atoms with Crippen molar-refractivity contribution in [3.05, 3.63) is 29.6 Å². The molecule has 1 atom stereocenters. The van der Waals surface area contributed by atoms with E-state index in [9.17, 15) is 22.8 Å². The molecule has 1 aliphatic rings. The number of nitrogens with zero attached hydrogens (tertiary/aromatic N) is 1. The molecule has 7 heteroatoms. The van der Waals surface area contributed by atoms with E-state index in [1.165, 1.54) is 6.92 Å². The zero-order valence-corrected chi connectivity index (χ0v) is 9.34. The fourth-order valence-corrected chi connectivity index (χ4v) is 1.67. The summed E-state index contributed by atoms with van der Waals surface area (Å²) in [5.41, 5.74) is -0.397. The first-order valence-corrected chi connectivity index (χ1v) is 5.17. The van der Waals surface area contributed by atoms with Gasteiger partial charge in [-0.2, -0.15) is 0 Å². The van der Waals surface area contributed by atoms with E-state index in [2.05, 4.69) is 0 Å². The smallest absolute Gasteiger partial charge is 0.290 e. The molecule has 3 amide bonds. The van der Waals surface area contributed by atoms with Gasteiger partial charge in [-0.1, -0.05) is 6.92 Å². The van der Waals surface area contributed by atoms with Crippen molar-refractivity contribution in [3.63, 3.8) is 0 Å². The quantitative estimate of drug-likeness (QED) is 0.781. The second-order valence-corrected chi connectivity index (χ2v) is 4.00. The lowest BCUT2D eigenvalue weighted by Crippen LogP contribution is -2.54. The summed E-state index contributed by atoms with van der Waals surface area (Å²) < 4.78 is 39.4. The maximum Gasteiger partial charge on any atom is 0.328 e. The minimum atomic E-state index is -1.65. The van der Waals surface area contributed by atoms with Crippen LogP contribution < -0.4 is 10.2 Å². The number of carbonyl (C=O) groups excluding carboxylic acids is 2. The fraction of sp³-hybridized carbons (Fsp3) is 0.273. The van der Waals surface area contributed by atoms with Crippen LogP contribution in [-0.2, 0) is 4.79 Å². The lowest BCUT2D eigenvalue weighted by molar-refractivity contribution is -0.123. The van der Waals surface area contributed by atoms with Crippen LogP contribution in [0.15, 0.2) is 12.1 Å². The summed E-state index contributed by atoms with van der Waals surface area (Å²) in [6, 6.07) is 0.820. The third-order valence-corrected chi connectivity index (χ3v) is 2.68. The molecule has 1 fully saturated rings. The molecule has 1 aromatic carbocycles. The van der Waals surface area contributed by atoms with Crippen LogP contribution in [0.2, 0.25) is 0 Å². The van der Waals surface area contributed by atoms with Gasteiger partial charge in [0.05, 0.1) is 11.6 Å². The minimum Gasteiger partial charge on any atom is -0.290 e. The highest BCUT2D eigenvalue weighted by Crippen LogP contribution is 2.25. The highest BCUT2D eigenvalue weighted by Gasteiger charge is 2.32. The molecule has 0 radical (unpaired) electrons. The highest BCUT2D eigenvalue weighted by molar-refractivity contribution is 6.06.